The fraction of sp³-hybridized carbons (Fsp3) is 0.444. The highest BCUT2D eigenvalue weighted by atomic mass is 32.1. The topological polar surface area (TPSA) is 53.4 Å². The molecule has 2 heterocycles. The van der Waals surface area contributed by atoms with Gasteiger partial charge in [-0.05, 0) is 44.0 Å². The van der Waals surface area contributed by atoms with Gasteiger partial charge in [-0.3, -0.25) is 9.69 Å². The molecule has 0 radical (unpaired) electrons. The molecule has 1 aliphatic rings. The van der Waals surface area contributed by atoms with E-state index in [1.807, 2.05) is 11.6 Å². The molecule has 1 aromatic carbocycles. The van der Waals surface area contributed by atoms with Crippen molar-refractivity contribution in [2.75, 3.05) is 13.1 Å². The highest BCUT2D eigenvalue weighted by Gasteiger charge is 2.17. The first-order valence-electron chi connectivity index (χ1n) is 8.03. The van der Waals surface area contributed by atoms with E-state index < -0.39 is 0 Å². The molecule has 1 aliphatic heterocycles. The molecule has 1 saturated heterocycles. The molecule has 0 spiro atoms. The van der Waals surface area contributed by atoms with Crippen LogP contribution < -0.4 is 0 Å². The number of rotatable bonds is 4. The number of hydrogen-bond donors (Lipinski definition) is 1. The molecule has 5 heteroatoms. The predicted octanol–water partition coefficient (Wildman–Crippen LogP) is 3.98. The van der Waals surface area contributed by atoms with Gasteiger partial charge in [-0.1, -0.05) is 30.7 Å². The maximum Gasteiger partial charge on any atom is 0.290 e. The third-order valence-corrected chi connectivity index (χ3v) is 5.02. The standard InChI is InChI=1S/C17H22N2S.CH2O2/c1-14(19-10-3-2-4-11-19)16-7-5-15(6-8-16)13-17-18-9-12-20-17;2-1-3/h5-9,12,14H,2-4,10-11,13H2,1H3;1H,(H,2,3). The van der Waals surface area contributed by atoms with E-state index in [1.165, 1.54) is 48.5 Å². The number of carbonyl (C=O) groups is 1. The van der Waals surface area contributed by atoms with Crippen LogP contribution in [0.25, 0.3) is 0 Å². The molecule has 2 aromatic rings. The summed E-state index contributed by atoms with van der Waals surface area (Å²) < 4.78 is 0. The Morgan fingerprint density at radius 2 is 1.91 bits per heavy atom. The SMILES string of the molecule is CC(c1ccc(Cc2nccs2)cc1)N1CCCCC1.O=CO. The van der Waals surface area contributed by atoms with Crippen LogP contribution in [0.3, 0.4) is 0 Å². The van der Waals surface area contributed by atoms with E-state index in [0.29, 0.717) is 6.04 Å². The Kier molecular flexibility index (Phi) is 7.23. The Hall–Kier alpha value is -1.72. The highest BCUT2D eigenvalue weighted by Crippen LogP contribution is 2.24. The number of piperidine rings is 1. The van der Waals surface area contributed by atoms with Gasteiger partial charge in [0.25, 0.3) is 6.47 Å². The van der Waals surface area contributed by atoms with Gasteiger partial charge in [-0.25, -0.2) is 4.98 Å². The number of likely N-dealkylation sites (tertiary alicyclic amines) is 1. The van der Waals surface area contributed by atoms with Crippen molar-refractivity contribution in [3.8, 4) is 0 Å². The van der Waals surface area contributed by atoms with Crippen LogP contribution in [0.4, 0.5) is 0 Å². The molecule has 124 valence electrons. The average molecular weight is 332 g/mol. The third-order valence-electron chi connectivity index (χ3n) is 4.24. The van der Waals surface area contributed by atoms with E-state index in [9.17, 15) is 0 Å². The third kappa shape index (κ3) is 5.44. The molecule has 0 aliphatic carbocycles. The Morgan fingerprint density at radius 1 is 1.26 bits per heavy atom. The fourth-order valence-corrected chi connectivity index (χ4v) is 3.60. The van der Waals surface area contributed by atoms with E-state index >= 15 is 0 Å². The Balaban J connectivity index is 0.000000595. The summed E-state index contributed by atoms with van der Waals surface area (Å²) in [7, 11) is 0. The molecule has 1 N–H and O–H groups in total. The first kappa shape index (κ1) is 17.6. The predicted molar refractivity (Wildman–Crippen MR) is 93.9 cm³/mol. The van der Waals surface area contributed by atoms with Crippen molar-refractivity contribution >= 4 is 17.8 Å². The van der Waals surface area contributed by atoms with Gasteiger partial charge in [0.15, 0.2) is 0 Å². The van der Waals surface area contributed by atoms with Crippen molar-refractivity contribution in [2.45, 2.75) is 38.6 Å². The first-order valence-corrected chi connectivity index (χ1v) is 8.91. The molecule has 0 saturated carbocycles. The van der Waals surface area contributed by atoms with Crippen molar-refractivity contribution < 1.29 is 9.90 Å². The minimum Gasteiger partial charge on any atom is -0.483 e. The Morgan fingerprint density at radius 3 is 2.48 bits per heavy atom. The van der Waals surface area contributed by atoms with E-state index in [0.717, 1.165) is 6.42 Å². The van der Waals surface area contributed by atoms with E-state index in [4.69, 9.17) is 9.90 Å². The number of benzene rings is 1. The largest absolute Gasteiger partial charge is 0.483 e. The molecule has 1 aromatic heterocycles. The molecule has 3 rings (SSSR count). The maximum atomic E-state index is 8.36. The van der Waals surface area contributed by atoms with Gasteiger partial charge < -0.3 is 5.11 Å². The van der Waals surface area contributed by atoms with E-state index in [-0.39, 0.29) is 6.47 Å². The second-order valence-electron chi connectivity index (χ2n) is 5.72. The molecular weight excluding hydrogens is 308 g/mol. The summed E-state index contributed by atoms with van der Waals surface area (Å²) in [6.45, 7) is 4.59. The molecule has 0 amide bonds. The molecule has 23 heavy (non-hydrogen) atoms. The zero-order chi connectivity index (χ0) is 16.5. The minimum atomic E-state index is -0.250. The number of nitrogens with zero attached hydrogens (tertiary/aromatic N) is 2. The summed E-state index contributed by atoms with van der Waals surface area (Å²) in [6.07, 6.45) is 6.94. The molecular formula is C18H24N2O2S. The highest BCUT2D eigenvalue weighted by molar-refractivity contribution is 7.09. The zero-order valence-corrected chi connectivity index (χ0v) is 14.3. The lowest BCUT2D eigenvalue weighted by Gasteiger charge is -2.32. The monoisotopic (exact) mass is 332 g/mol. The van der Waals surface area contributed by atoms with E-state index in [2.05, 4.69) is 41.1 Å². The Labute approximate surface area is 141 Å². The van der Waals surface area contributed by atoms with Gasteiger partial charge in [-0.15, -0.1) is 11.3 Å². The molecule has 1 unspecified atom stereocenters. The first-order chi connectivity index (χ1) is 11.2. The Bertz CT molecular complexity index is 563. The van der Waals surface area contributed by atoms with Gasteiger partial charge in [0.2, 0.25) is 0 Å². The van der Waals surface area contributed by atoms with Gasteiger partial charge >= 0.3 is 0 Å². The molecule has 0 bridgehead atoms. The van der Waals surface area contributed by atoms with Gasteiger partial charge in [0.05, 0.1) is 5.01 Å². The van der Waals surface area contributed by atoms with Crippen LogP contribution in [0.2, 0.25) is 0 Å². The summed E-state index contributed by atoms with van der Waals surface area (Å²) in [5.41, 5.74) is 2.80. The maximum absolute atomic E-state index is 8.36. The van der Waals surface area contributed by atoms with Crippen LogP contribution in [-0.2, 0) is 11.2 Å². The van der Waals surface area contributed by atoms with Crippen LogP contribution in [-0.4, -0.2) is 34.6 Å². The summed E-state index contributed by atoms with van der Waals surface area (Å²) in [6, 6.07) is 9.66. The number of aromatic nitrogens is 1. The lowest BCUT2D eigenvalue weighted by Crippen LogP contribution is -2.32. The van der Waals surface area contributed by atoms with Crippen LogP contribution in [0.15, 0.2) is 35.8 Å². The summed E-state index contributed by atoms with van der Waals surface area (Å²) in [4.78, 5) is 15.3. The van der Waals surface area contributed by atoms with Gasteiger partial charge in [0, 0.05) is 24.0 Å². The number of thiazole rings is 1. The normalized spacial score (nSPS) is 16.2. The molecule has 1 fully saturated rings. The summed E-state index contributed by atoms with van der Waals surface area (Å²) >= 11 is 1.73. The van der Waals surface area contributed by atoms with Crippen LogP contribution in [0.5, 0.6) is 0 Å². The van der Waals surface area contributed by atoms with Crippen molar-refractivity contribution in [1.29, 1.82) is 0 Å². The van der Waals surface area contributed by atoms with Crippen molar-refractivity contribution in [3.63, 3.8) is 0 Å². The van der Waals surface area contributed by atoms with Gasteiger partial charge in [0.1, 0.15) is 0 Å². The fourth-order valence-electron chi connectivity index (χ4n) is 2.95. The molecule has 1 atom stereocenters. The summed E-state index contributed by atoms with van der Waals surface area (Å²) in [5.74, 6) is 0. The van der Waals surface area contributed by atoms with Gasteiger partial charge in [-0.2, -0.15) is 0 Å². The molecule has 4 nitrogen and oxygen atoms in total. The summed E-state index contributed by atoms with van der Waals surface area (Å²) in [5, 5.41) is 10.1. The minimum absolute atomic E-state index is 0.250. The van der Waals surface area contributed by atoms with Crippen LogP contribution in [0, 0.1) is 0 Å². The zero-order valence-electron chi connectivity index (χ0n) is 13.5. The average Bonchev–Trinajstić information content (AvgIpc) is 3.09. The lowest BCUT2D eigenvalue weighted by atomic mass is 10.0. The number of carboxylic acid groups (broad SMARTS) is 1. The van der Waals surface area contributed by atoms with Crippen molar-refractivity contribution in [2.24, 2.45) is 0 Å². The number of hydrogen-bond acceptors (Lipinski definition) is 4. The van der Waals surface area contributed by atoms with E-state index in [1.54, 1.807) is 11.3 Å². The second-order valence-corrected chi connectivity index (χ2v) is 6.70. The smallest absolute Gasteiger partial charge is 0.290 e. The quantitative estimate of drug-likeness (QED) is 0.861. The van der Waals surface area contributed by atoms with Crippen molar-refractivity contribution in [1.82, 2.24) is 9.88 Å². The van der Waals surface area contributed by atoms with Crippen LogP contribution >= 0.6 is 11.3 Å². The second kappa shape index (κ2) is 9.43. The lowest BCUT2D eigenvalue weighted by molar-refractivity contribution is -0.122. The van der Waals surface area contributed by atoms with Crippen LogP contribution in [0.1, 0.15) is 48.4 Å². The van der Waals surface area contributed by atoms with Crippen molar-refractivity contribution in [3.05, 3.63) is 52.0 Å².